The molecule has 0 saturated heterocycles. The van der Waals surface area contributed by atoms with Gasteiger partial charge in [-0.3, -0.25) is 0 Å². The number of aryl methyl sites for hydroxylation is 1. The second kappa shape index (κ2) is 6.80. The molecule has 100 valence electrons. The van der Waals surface area contributed by atoms with Gasteiger partial charge in [-0.2, -0.15) is 0 Å². The molecule has 0 spiro atoms. The number of hydrogen-bond donors (Lipinski definition) is 2. The van der Waals surface area contributed by atoms with Gasteiger partial charge >= 0.3 is 6.03 Å². The number of hydrogen-bond acceptors (Lipinski definition) is 3. The van der Waals surface area contributed by atoms with E-state index in [1.54, 1.807) is 36.7 Å². The molecule has 1 heterocycles. The van der Waals surface area contributed by atoms with E-state index >= 15 is 0 Å². The molecular weight excluding hydrogens is 266 g/mol. The number of carbonyl (C=O) groups excluding carboxylic acids is 1. The van der Waals surface area contributed by atoms with Crippen molar-refractivity contribution < 1.29 is 9.32 Å². The molecule has 0 atom stereocenters. The van der Waals surface area contributed by atoms with Crippen LogP contribution in [0.5, 0.6) is 0 Å². The van der Waals surface area contributed by atoms with Crippen LogP contribution in [0.4, 0.5) is 10.5 Å². The summed E-state index contributed by atoms with van der Waals surface area (Å²) in [5, 5.41) is 9.75. The molecule has 1 aromatic heterocycles. The van der Waals surface area contributed by atoms with Crippen molar-refractivity contribution >= 4 is 23.3 Å². The van der Waals surface area contributed by atoms with Crippen LogP contribution in [0.15, 0.2) is 41.2 Å². The fraction of sp³-hybridized carbons (Fsp3) is 0.231. The number of anilines is 1. The first kappa shape index (κ1) is 13.4. The molecule has 2 rings (SSSR count). The number of halogens is 1. The highest BCUT2D eigenvalue weighted by atomic mass is 35.5. The number of nitrogens with zero attached hydrogens (tertiary/aromatic N) is 1. The summed E-state index contributed by atoms with van der Waals surface area (Å²) < 4.78 is 4.72. The highest BCUT2D eigenvalue weighted by Gasteiger charge is 2.01. The maximum absolute atomic E-state index is 11.6. The Morgan fingerprint density at radius 3 is 2.79 bits per heavy atom. The maximum atomic E-state index is 11.6. The lowest BCUT2D eigenvalue weighted by Gasteiger charge is -2.07. The lowest BCUT2D eigenvalue weighted by atomic mass is 10.2. The lowest BCUT2D eigenvalue weighted by molar-refractivity contribution is 0.252. The number of carbonyl (C=O) groups is 1. The van der Waals surface area contributed by atoms with Crippen LogP contribution in [0.3, 0.4) is 0 Å². The van der Waals surface area contributed by atoms with E-state index in [0.717, 1.165) is 18.4 Å². The molecule has 1 aromatic carbocycles. The van der Waals surface area contributed by atoms with Crippen LogP contribution in [0, 0.1) is 0 Å². The normalized spacial score (nSPS) is 10.2. The summed E-state index contributed by atoms with van der Waals surface area (Å²) >= 11 is 5.76. The topological polar surface area (TPSA) is 67.2 Å². The molecule has 0 aliphatic heterocycles. The third kappa shape index (κ3) is 4.63. The van der Waals surface area contributed by atoms with Crippen molar-refractivity contribution in [2.45, 2.75) is 12.8 Å². The number of aromatic nitrogens is 1. The van der Waals surface area contributed by atoms with E-state index in [9.17, 15) is 4.79 Å². The van der Waals surface area contributed by atoms with Crippen LogP contribution in [0.1, 0.15) is 12.0 Å². The summed E-state index contributed by atoms with van der Waals surface area (Å²) in [5.41, 5.74) is 1.74. The Labute approximate surface area is 115 Å². The molecule has 6 heteroatoms. The van der Waals surface area contributed by atoms with Gasteiger partial charge in [-0.25, -0.2) is 4.79 Å². The van der Waals surface area contributed by atoms with Crippen molar-refractivity contribution in [3.05, 3.63) is 47.3 Å². The van der Waals surface area contributed by atoms with Gasteiger partial charge in [-0.05, 0) is 37.1 Å². The predicted molar refractivity (Wildman–Crippen MR) is 73.3 cm³/mol. The fourth-order valence-electron chi connectivity index (χ4n) is 1.55. The van der Waals surface area contributed by atoms with Crippen LogP contribution in [0.25, 0.3) is 0 Å². The molecular formula is C13H14ClN3O2. The van der Waals surface area contributed by atoms with Crippen LogP contribution in [-0.4, -0.2) is 17.7 Å². The zero-order valence-electron chi connectivity index (χ0n) is 10.2. The van der Waals surface area contributed by atoms with Gasteiger partial charge in [0.2, 0.25) is 0 Å². The third-order valence-electron chi connectivity index (χ3n) is 2.51. The molecule has 0 saturated carbocycles. The standard InChI is InChI=1S/C13H14ClN3O2/c14-11-3-5-12(6-4-11)17-13(18)15-7-1-2-10-8-16-19-9-10/h3-6,8-9H,1-2,7H2,(H2,15,17,18). The number of amides is 2. The first-order valence-corrected chi connectivity index (χ1v) is 6.30. The van der Waals surface area contributed by atoms with Gasteiger partial charge in [0.15, 0.2) is 0 Å². The molecule has 0 unspecified atom stereocenters. The molecule has 19 heavy (non-hydrogen) atoms. The summed E-state index contributed by atoms with van der Waals surface area (Å²) in [6.45, 7) is 0.588. The monoisotopic (exact) mass is 279 g/mol. The van der Waals surface area contributed by atoms with Crippen LogP contribution in [0.2, 0.25) is 5.02 Å². The maximum Gasteiger partial charge on any atom is 0.319 e. The predicted octanol–water partition coefficient (Wildman–Crippen LogP) is 3.08. The van der Waals surface area contributed by atoms with Crippen molar-refractivity contribution in [1.82, 2.24) is 10.5 Å². The van der Waals surface area contributed by atoms with E-state index in [2.05, 4.69) is 15.8 Å². The van der Waals surface area contributed by atoms with Crippen molar-refractivity contribution in [2.75, 3.05) is 11.9 Å². The first-order valence-electron chi connectivity index (χ1n) is 5.93. The zero-order chi connectivity index (χ0) is 13.5. The molecule has 0 aliphatic rings. The average Bonchev–Trinajstić information content (AvgIpc) is 2.91. The zero-order valence-corrected chi connectivity index (χ0v) is 11.0. The second-order valence-corrected chi connectivity index (χ2v) is 4.46. The Balaban J connectivity index is 1.65. The van der Waals surface area contributed by atoms with Crippen LogP contribution in [-0.2, 0) is 6.42 Å². The minimum atomic E-state index is -0.229. The van der Waals surface area contributed by atoms with Crippen molar-refractivity contribution in [1.29, 1.82) is 0 Å². The van der Waals surface area contributed by atoms with E-state index in [1.165, 1.54) is 0 Å². The van der Waals surface area contributed by atoms with E-state index in [4.69, 9.17) is 16.1 Å². The van der Waals surface area contributed by atoms with Gasteiger partial charge in [-0.15, -0.1) is 0 Å². The number of nitrogens with one attached hydrogen (secondary N) is 2. The molecule has 2 N–H and O–H groups in total. The molecule has 0 fully saturated rings. The van der Waals surface area contributed by atoms with Gasteiger partial charge in [0.1, 0.15) is 6.26 Å². The van der Waals surface area contributed by atoms with Crippen molar-refractivity contribution in [3.63, 3.8) is 0 Å². The first-order chi connectivity index (χ1) is 9.24. The van der Waals surface area contributed by atoms with Gasteiger partial charge in [0.05, 0.1) is 6.20 Å². The molecule has 0 aliphatic carbocycles. The summed E-state index contributed by atoms with van der Waals surface area (Å²) in [7, 11) is 0. The SMILES string of the molecule is O=C(NCCCc1cnoc1)Nc1ccc(Cl)cc1. The Morgan fingerprint density at radius 1 is 1.32 bits per heavy atom. The van der Waals surface area contributed by atoms with Gasteiger partial charge in [0, 0.05) is 22.8 Å². The van der Waals surface area contributed by atoms with Crippen molar-refractivity contribution in [2.24, 2.45) is 0 Å². The molecule has 2 aromatic rings. The largest absolute Gasteiger partial charge is 0.364 e. The van der Waals surface area contributed by atoms with E-state index in [1.807, 2.05) is 0 Å². The summed E-state index contributed by atoms with van der Waals surface area (Å²) in [4.78, 5) is 11.6. The Bertz CT molecular complexity index is 511. The molecule has 0 radical (unpaired) electrons. The third-order valence-corrected chi connectivity index (χ3v) is 2.77. The van der Waals surface area contributed by atoms with E-state index in [0.29, 0.717) is 17.3 Å². The van der Waals surface area contributed by atoms with Crippen molar-refractivity contribution in [3.8, 4) is 0 Å². The number of urea groups is 1. The second-order valence-electron chi connectivity index (χ2n) is 4.02. The fourth-order valence-corrected chi connectivity index (χ4v) is 1.68. The lowest BCUT2D eigenvalue weighted by Crippen LogP contribution is -2.29. The average molecular weight is 280 g/mol. The molecule has 5 nitrogen and oxygen atoms in total. The van der Waals surface area contributed by atoms with Gasteiger partial charge < -0.3 is 15.2 Å². The minimum absolute atomic E-state index is 0.229. The van der Waals surface area contributed by atoms with Gasteiger partial charge in [-0.1, -0.05) is 16.8 Å². The molecule has 0 bridgehead atoms. The highest BCUT2D eigenvalue weighted by molar-refractivity contribution is 6.30. The smallest absolute Gasteiger partial charge is 0.319 e. The number of rotatable bonds is 5. The quantitative estimate of drug-likeness (QED) is 0.827. The highest BCUT2D eigenvalue weighted by Crippen LogP contribution is 2.13. The number of benzene rings is 1. The summed E-state index contributed by atoms with van der Waals surface area (Å²) in [6.07, 6.45) is 4.93. The Morgan fingerprint density at radius 2 is 2.11 bits per heavy atom. The van der Waals surface area contributed by atoms with Gasteiger partial charge in [0.25, 0.3) is 0 Å². The summed E-state index contributed by atoms with van der Waals surface area (Å²) in [6, 6.07) is 6.72. The van der Waals surface area contributed by atoms with Crippen LogP contribution >= 0.6 is 11.6 Å². The Kier molecular flexibility index (Phi) is 4.80. The van der Waals surface area contributed by atoms with Crippen LogP contribution < -0.4 is 10.6 Å². The minimum Gasteiger partial charge on any atom is -0.364 e. The molecule has 2 amide bonds. The van der Waals surface area contributed by atoms with E-state index < -0.39 is 0 Å². The van der Waals surface area contributed by atoms with E-state index in [-0.39, 0.29) is 6.03 Å². The Hall–Kier alpha value is -2.01. The summed E-state index contributed by atoms with van der Waals surface area (Å²) in [5.74, 6) is 0.